The summed E-state index contributed by atoms with van der Waals surface area (Å²) in [6.07, 6.45) is 0. The zero-order valence-corrected chi connectivity index (χ0v) is 13.8. The number of benzene rings is 2. The number of halogens is 2. The molecule has 0 saturated heterocycles. The SMILES string of the molecule is Nc1cccc(Br)c1CS(=O)(=O)c1ccccc1Br. The summed E-state index contributed by atoms with van der Waals surface area (Å²) in [5, 5.41) is 0. The fraction of sp³-hybridized carbons (Fsp3) is 0.0769. The first-order chi connectivity index (χ1) is 8.92. The van der Waals surface area contributed by atoms with Gasteiger partial charge in [-0.2, -0.15) is 0 Å². The fourth-order valence-corrected chi connectivity index (χ4v) is 4.93. The minimum Gasteiger partial charge on any atom is -0.398 e. The van der Waals surface area contributed by atoms with Crippen molar-refractivity contribution in [2.24, 2.45) is 0 Å². The van der Waals surface area contributed by atoms with Crippen LogP contribution in [0.4, 0.5) is 5.69 Å². The fourth-order valence-electron chi connectivity index (χ4n) is 1.69. The average Bonchev–Trinajstić information content (AvgIpc) is 2.34. The maximum Gasteiger partial charge on any atom is 0.183 e. The van der Waals surface area contributed by atoms with Gasteiger partial charge in [-0.1, -0.05) is 34.1 Å². The Morgan fingerprint density at radius 2 is 1.58 bits per heavy atom. The van der Waals surface area contributed by atoms with Gasteiger partial charge < -0.3 is 5.73 Å². The van der Waals surface area contributed by atoms with E-state index in [0.717, 1.165) is 0 Å². The molecule has 2 aromatic rings. The highest BCUT2D eigenvalue weighted by atomic mass is 79.9. The molecule has 0 spiro atoms. The largest absolute Gasteiger partial charge is 0.398 e. The summed E-state index contributed by atoms with van der Waals surface area (Å²) in [5.41, 5.74) is 6.88. The minimum absolute atomic E-state index is 0.136. The van der Waals surface area contributed by atoms with Crippen LogP contribution in [0.3, 0.4) is 0 Å². The van der Waals surface area contributed by atoms with Gasteiger partial charge in [0.1, 0.15) is 0 Å². The molecule has 100 valence electrons. The molecule has 0 aromatic heterocycles. The monoisotopic (exact) mass is 403 g/mol. The maximum atomic E-state index is 12.4. The van der Waals surface area contributed by atoms with Gasteiger partial charge in [0, 0.05) is 20.2 Å². The van der Waals surface area contributed by atoms with E-state index in [1.54, 1.807) is 42.5 Å². The molecule has 2 N–H and O–H groups in total. The number of hydrogen-bond donors (Lipinski definition) is 1. The summed E-state index contributed by atoms with van der Waals surface area (Å²) in [6, 6.07) is 12.0. The zero-order chi connectivity index (χ0) is 14.0. The Morgan fingerprint density at radius 1 is 0.947 bits per heavy atom. The Bertz CT molecular complexity index is 694. The number of sulfone groups is 1. The van der Waals surface area contributed by atoms with Crippen LogP contribution in [-0.2, 0) is 15.6 Å². The van der Waals surface area contributed by atoms with Crippen molar-refractivity contribution >= 4 is 47.4 Å². The second-order valence-corrected chi connectivity index (χ2v) is 7.66. The van der Waals surface area contributed by atoms with Gasteiger partial charge in [0.2, 0.25) is 0 Å². The predicted octanol–water partition coefficient (Wildman–Crippen LogP) is 3.77. The van der Waals surface area contributed by atoms with Gasteiger partial charge in [0.25, 0.3) is 0 Å². The number of rotatable bonds is 3. The molecule has 0 aliphatic rings. The molecule has 2 rings (SSSR count). The van der Waals surface area contributed by atoms with Crippen molar-refractivity contribution in [3.63, 3.8) is 0 Å². The van der Waals surface area contributed by atoms with Gasteiger partial charge in [0.05, 0.1) is 10.6 Å². The average molecular weight is 405 g/mol. The topological polar surface area (TPSA) is 60.2 Å². The second-order valence-electron chi connectivity index (χ2n) is 4.00. The lowest BCUT2D eigenvalue weighted by atomic mass is 10.2. The molecule has 6 heteroatoms. The third-order valence-electron chi connectivity index (χ3n) is 2.66. The molecule has 0 radical (unpaired) electrons. The van der Waals surface area contributed by atoms with Gasteiger partial charge in [-0.15, -0.1) is 0 Å². The predicted molar refractivity (Wildman–Crippen MR) is 83.6 cm³/mol. The van der Waals surface area contributed by atoms with Crippen LogP contribution in [0.25, 0.3) is 0 Å². The van der Waals surface area contributed by atoms with Gasteiger partial charge in [-0.05, 0) is 40.2 Å². The Hall–Kier alpha value is -0.850. The van der Waals surface area contributed by atoms with Crippen LogP contribution in [-0.4, -0.2) is 8.42 Å². The van der Waals surface area contributed by atoms with Crippen LogP contribution >= 0.6 is 31.9 Å². The van der Waals surface area contributed by atoms with Crippen molar-refractivity contribution in [2.45, 2.75) is 10.6 Å². The molecule has 0 atom stereocenters. The van der Waals surface area contributed by atoms with E-state index in [-0.39, 0.29) is 10.6 Å². The van der Waals surface area contributed by atoms with Crippen LogP contribution in [0.5, 0.6) is 0 Å². The van der Waals surface area contributed by atoms with Crippen LogP contribution in [0.2, 0.25) is 0 Å². The van der Waals surface area contributed by atoms with Crippen LogP contribution in [0, 0.1) is 0 Å². The van der Waals surface area contributed by atoms with Crippen LogP contribution < -0.4 is 5.73 Å². The standard InChI is InChI=1S/C13H11Br2NO2S/c14-10-5-3-6-12(16)9(10)8-19(17,18)13-7-2-1-4-11(13)15/h1-7H,8,16H2. The summed E-state index contributed by atoms with van der Waals surface area (Å²) in [5.74, 6) is -0.136. The summed E-state index contributed by atoms with van der Waals surface area (Å²) < 4.78 is 26.1. The van der Waals surface area contributed by atoms with E-state index >= 15 is 0 Å². The van der Waals surface area contributed by atoms with E-state index in [1.807, 2.05) is 0 Å². The maximum absolute atomic E-state index is 12.4. The normalized spacial score (nSPS) is 11.5. The number of hydrogen-bond acceptors (Lipinski definition) is 3. The molecule has 0 bridgehead atoms. The lowest BCUT2D eigenvalue weighted by Crippen LogP contribution is -2.08. The van der Waals surface area contributed by atoms with Gasteiger partial charge >= 0.3 is 0 Å². The van der Waals surface area contributed by atoms with Gasteiger partial charge in [0.15, 0.2) is 9.84 Å². The van der Waals surface area contributed by atoms with Crippen LogP contribution in [0.1, 0.15) is 5.56 Å². The molecule has 0 amide bonds. The first-order valence-corrected chi connectivity index (χ1v) is 8.66. The van der Waals surface area contributed by atoms with Crippen molar-refractivity contribution in [1.82, 2.24) is 0 Å². The van der Waals surface area contributed by atoms with E-state index in [0.29, 0.717) is 20.2 Å². The van der Waals surface area contributed by atoms with E-state index < -0.39 is 9.84 Å². The summed E-state index contributed by atoms with van der Waals surface area (Å²) >= 11 is 6.60. The van der Waals surface area contributed by atoms with E-state index in [4.69, 9.17) is 5.73 Å². The summed E-state index contributed by atoms with van der Waals surface area (Å²) in [7, 11) is -3.45. The lowest BCUT2D eigenvalue weighted by Gasteiger charge is -2.10. The Kier molecular flexibility index (Phi) is 4.32. The summed E-state index contributed by atoms with van der Waals surface area (Å²) in [6.45, 7) is 0. The Labute approximate surface area is 129 Å². The molecule has 3 nitrogen and oxygen atoms in total. The highest BCUT2D eigenvalue weighted by molar-refractivity contribution is 9.10. The molecule has 0 fully saturated rings. The highest BCUT2D eigenvalue weighted by Crippen LogP contribution is 2.29. The van der Waals surface area contributed by atoms with Crippen molar-refractivity contribution in [3.8, 4) is 0 Å². The summed E-state index contributed by atoms with van der Waals surface area (Å²) in [4.78, 5) is 0.269. The molecule has 0 heterocycles. The molecule has 0 aliphatic carbocycles. The van der Waals surface area contributed by atoms with E-state index in [1.165, 1.54) is 0 Å². The molecule has 19 heavy (non-hydrogen) atoms. The van der Waals surface area contributed by atoms with E-state index in [9.17, 15) is 8.42 Å². The highest BCUT2D eigenvalue weighted by Gasteiger charge is 2.20. The smallest absolute Gasteiger partial charge is 0.183 e. The lowest BCUT2D eigenvalue weighted by molar-refractivity contribution is 0.595. The molecule has 0 aliphatic heterocycles. The number of nitrogens with two attached hydrogens (primary N) is 1. The minimum atomic E-state index is -3.45. The van der Waals surface area contributed by atoms with Crippen molar-refractivity contribution in [2.75, 3.05) is 5.73 Å². The third kappa shape index (κ3) is 3.19. The van der Waals surface area contributed by atoms with E-state index in [2.05, 4.69) is 31.9 Å². The second kappa shape index (κ2) is 5.64. The van der Waals surface area contributed by atoms with Crippen LogP contribution in [0.15, 0.2) is 56.3 Å². The van der Waals surface area contributed by atoms with Gasteiger partial charge in [-0.25, -0.2) is 8.42 Å². The Balaban J connectivity index is 2.46. The molecule has 2 aromatic carbocycles. The molecule has 0 saturated carbocycles. The molecular weight excluding hydrogens is 394 g/mol. The van der Waals surface area contributed by atoms with Crippen molar-refractivity contribution in [1.29, 1.82) is 0 Å². The van der Waals surface area contributed by atoms with Crippen molar-refractivity contribution in [3.05, 3.63) is 57.0 Å². The quantitative estimate of drug-likeness (QED) is 0.792. The zero-order valence-electron chi connectivity index (χ0n) is 9.81. The molecule has 0 unspecified atom stereocenters. The third-order valence-corrected chi connectivity index (χ3v) is 6.05. The first-order valence-electron chi connectivity index (χ1n) is 5.42. The Morgan fingerprint density at radius 3 is 2.21 bits per heavy atom. The first kappa shape index (κ1) is 14.6. The number of nitrogen functional groups attached to an aromatic ring is 1. The molecular formula is C13H11Br2NO2S. The van der Waals surface area contributed by atoms with Crippen molar-refractivity contribution < 1.29 is 8.42 Å². The van der Waals surface area contributed by atoms with Gasteiger partial charge in [-0.3, -0.25) is 0 Å². The number of anilines is 1.